The number of hydrogen-bond donors (Lipinski definition) is 2. The Hall–Kier alpha value is -3.45. The number of likely N-dealkylation sites (N-methyl/N-ethyl adjacent to an activating group) is 1. The Morgan fingerprint density at radius 2 is 1.65 bits per heavy atom. The van der Waals surface area contributed by atoms with Gasteiger partial charge in [0, 0.05) is 18.3 Å². The Morgan fingerprint density at radius 1 is 1.05 bits per heavy atom. The zero-order valence-corrected chi connectivity index (χ0v) is 22.7. The van der Waals surface area contributed by atoms with Crippen LogP contribution in [0.3, 0.4) is 0 Å². The number of nitrogens with zero attached hydrogens (tertiary/aromatic N) is 5. The van der Waals surface area contributed by atoms with Crippen LogP contribution in [-0.2, 0) is 9.59 Å². The summed E-state index contributed by atoms with van der Waals surface area (Å²) in [4.78, 5) is 48.9. The van der Waals surface area contributed by atoms with Crippen LogP contribution in [0.2, 0.25) is 0 Å². The first kappa shape index (κ1) is 31.6. The van der Waals surface area contributed by atoms with Crippen molar-refractivity contribution >= 4 is 34.6 Å². The Bertz CT molecular complexity index is 982. The molecule has 0 unspecified atom stereocenters. The molecule has 0 bridgehead atoms. The maximum absolute atomic E-state index is 13.4. The number of rotatable bonds is 16. The van der Waals surface area contributed by atoms with Crippen molar-refractivity contribution in [3.05, 3.63) is 38.4 Å². The molecule has 0 aliphatic rings. The number of anilines is 1. The molecule has 1 atom stereocenters. The fourth-order valence-electron chi connectivity index (χ4n) is 3.53. The molecule has 0 aliphatic carbocycles. The minimum absolute atomic E-state index is 0.152. The molecule has 0 aliphatic heterocycles. The molecule has 0 spiro atoms. The van der Waals surface area contributed by atoms with Crippen molar-refractivity contribution < 1.29 is 23.9 Å². The molecule has 1 aromatic carbocycles. The molecule has 2 amide bonds. The average molecular weight is 523 g/mol. The van der Waals surface area contributed by atoms with Crippen LogP contribution in [0.1, 0.15) is 46.5 Å². The molecule has 2 N–H and O–H groups in total. The number of carbonyl (C=O) groups is 2. The van der Waals surface area contributed by atoms with Crippen molar-refractivity contribution in [1.82, 2.24) is 10.3 Å². The molecule has 0 heterocycles. The molecule has 0 radical (unpaired) electrons. The van der Waals surface area contributed by atoms with Crippen molar-refractivity contribution in [1.29, 1.82) is 0 Å². The molecule has 1 aromatic rings. The molecular weight excluding hydrogens is 482 g/mol. The van der Waals surface area contributed by atoms with Gasteiger partial charge in [-0.15, -0.1) is 0 Å². The van der Waals surface area contributed by atoms with Crippen molar-refractivity contribution in [2.24, 2.45) is 11.0 Å². The molecular formula is C24H40N7O6+. The second-order valence-corrected chi connectivity index (χ2v) is 10.0. The minimum Gasteiger partial charge on any atom is -0.323 e. The number of benzene rings is 1. The normalized spacial score (nSPS) is 12.8. The number of amides is 2. The van der Waals surface area contributed by atoms with Crippen LogP contribution in [0.25, 0.3) is 0 Å². The average Bonchev–Trinajstić information content (AvgIpc) is 2.80. The van der Waals surface area contributed by atoms with Gasteiger partial charge in [0.25, 0.3) is 17.3 Å². The highest BCUT2D eigenvalue weighted by molar-refractivity contribution is 6.09. The maximum atomic E-state index is 13.4. The zero-order valence-electron chi connectivity index (χ0n) is 22.7. The lowest BCUT2D eigenvalue weighted by Crippen LogP contribution is -2.44. The number of unbranched alkanes of at least 4 members (excludes halogenated alkanes) is 2. The molecule has 206 valence electrons. The summed E-state index contributed by atoms with van der Waals surface area (Å²) >= 11 is 0. The molecule has 0 saturated heterocycles. The fraction of sp³-hybridized carbons (Fsp3) is 0.625. The van der Waals surface area contributed by atoms with Gasteiger partial charge in [-0.1, -0.05) is 26.7 Å². The van der Waals surface area contributed by atoms with Gasteiger partial charge in [-0.25, -0.2) is 5.43 Å². The number of hydrazone groups is 1. The van der Waals surface area contributed by atoms with Gasteiger partial charge in [-0.3, -0.25) is 29.8 Å². The van der Waals surface area contributed by atoms with E-state index >= 15 is 0 Å². The summed E-state index contributed by atoms with van der Waals surface area (Å²) in [6.07, 6.45) is 3.82. The largest absolute Gasteiger partial charge is 0.323 e. The monoisotopic (exact) mass is 522 g/mol. The van der Waals surface area contributed by atoms with Crippen LogP contribution in [-0.4, -0.2) is 84.1 Å². The third-order valence-corrected chi connectivity index (χ3v) is 5.54. The molecule has 13 heteroatoms. The van der Waals surface area contributed by atoms with Crippen molar-refractivity contribution in [2.75, 3.05) is 52.6 Å². The SMILES string of the molecule is CCCCN(CCCC)C[C@H](C(=O)Nc1ccc([N+](=O)[O-])cc1[N+](=O)[O-])/C(C)=N\NC(=O)C[N+](C)(C)C. The molecule has 0 aromatic heterocycles. The first-order valence-corrected chi connectivity index (χ1v) is 12.4. The number of nitro groups is 2. The molecule has 13 nitrogen and oxygen atoms in total. The van der Waals surface area contributed by atoms with Gasteiger partial charge in [-0.05, 0) is 38.9 Å². The van der Waals surface area contributed by atoms with E-state index in [4.69, 9.17) is 0 Å². The third-order valence-electron chi connectivity index (χ3n) is 5.54. The predicted molar refractivity (Wildman–Crippen MR) is 142 cm³/mol. The molecule has 1 rings (SSSR count). The van der Waals surface area contributed by atoms with Gasteiger partial charge in [-0.2, -0.15) is 5.10 Å². The minimum atomic E-state index is -0.826. The lowest BCUT2D eigenvalue weighted by Gasteiger charge is -2.27. The lowest BCUT2D eigenvalue weighted by atomic mass is 10.0. The van der Waals surface area contributed by atoms with E-state index < -0.39 is 33.0 Å². The molecule has 37 heavy (non-hydrogen) atoms. The van der Waals surface area contributed by atoms with Gasteiger partial charge < -0.3 is 14.7 Å². The van der Waals surface area contributed by atoms with E-state index in [0.29, 0.717) is 16.7 Å². The first-order valence-electron chi connectivity index (χ1n) is 12.4. The van der Waals surface area contributed by atoms with Crippen molar-refractivity contribution in [3.63, 3.8) is 0 Å². The number of hydrogen-bond acceptors (Lipinski definition) is 8. The number of non-ortho nitro benzene ring substituents is 1. The van der Waals surface area contributed by atoms with Crippen LogP contribution in [0.5, 0.6) is 0 Å². The highest BCUT2D eigenvalue weighted by Gasteiger charge is 2.28. The Morgan fingerprint density at radius 3 is 2.14 bits per heavy atom. The van der Waals surface area contributed by atoms with Gasteiger partial charge >= 0.3 is 0 Å². The highest BCUT2D eigenvalue weighted by atomic mass is 16.6. The van der Waals surface area contributed by atoms with Crippen molar-refractivity contribution in [3.8, 4) is 0 Å². The van der Waals surface area contributed by atoms with Crippen molar-refractivity contribution in [2.45, 2.75) is 46.5 Å². The van der Waals surface area contributed by atoms with Gasteiger partial charge in [0.2, 0.25) is 5.91 Å². The molecule has 0 saturated carbocycles. The van der Waals surface area contributed by atoms with E-state index in [-0.39, 0.29) is 18.1 Å². The molecule has 0 fully saturated rings. The van der Waals surface area contributed by atoms with Crippen LogP contribution in [0.4, 0.5) is 17.1 Å². The third kappa shape index (κ3) is 11.4. The Balaban J connectivity index is 3.29. The Labute approximate surface area is 217 Å². The second-order valence-electron chi connectivity index (χ2n) is 10.0. The van der Waals surface area contributed by atoms with E-state index in [1.165, 1.54) is 0 Å². The van der Waals surface area contributed by atoms with Crippen LogP contribution in [0.15, 0.2) is 23.3 Å². The quantitative estimate of drug-likeness (QED) is 0.146. The first-order chi connectivity index (χ1) is 17.3. The smallest absolute Gasteiger partial charge is 0.299 e. The Kier molecular flexibility index (Phi) is 12.8. The number of quaternary nitrogens is 1. The van der Waals surface area contributed by atoms with E-state index in [1.54, 1.807) is 6.92 Å². The topological polar surface area (TPSA) is 160 Å². The summed E-state index contributed by atoms with van der Waals surface area (Å²) in [6, 6.07) is 3.05. The number of carbonyl (C=O) groups excluding carboxylic acids is 2. The van der Waals surface area contributed by atoms with Gasteiger partial charge in [0.15, 0.2) is 6.54 Å². The second kappa shape index (κ2) is 15.0. The standard InChI is InChI=1S/C24H39N7O6/c1-7-9-13-28(14-10-8-2)16-20(18(3)26-27-23(32)17-31(4,5)6)24(33)25-21-12-11-19(29(34)35)15-22(21)30(36)37/h11-12,15,20H,7-10,13-14,16-17H2,1-6H3,(H-,25,27,32,33)/p+1/b26-18-/t20-/m0/s1. The lowest BCUT2D eigenvalue weighted by molar-refractivity contribution is -0.862. The zero-order chi connectivity index (χ0) is 28.2. The van der Waals surface area contributed by atoms with Crippen LogP contribution >= 0.6 is 0 Å². The predicted octanol–water partition coefficient (Wildman–Crippen LogP) is 3.16. The summed E-state index contributed by atoms with van der Waals surface area (Å²) in [6.45, 7) is 7.78. The van der Waals surface area contributed by atoms with Gasteiger partial charge in [0.05, 0.1) is 43.0 Å². The summed E-state index contributed by atoms with van der Waals surface area (Å²) in [5, 5.41) is 29.3. The van der Waals surface area contributed by atoms with Gasteiger partial charge in [0.1, 0.15) is 5.69 Å². The summed E-state index contributed by atoms with van der Waals surface area (Å²) in [7, 11) is 5.59. The van der Waals surface area contributed by atoms with E-state index in [9.17, 15) is 29.8 Å². The van der Waals surface area contributed by atoms with Crippen LogP contribution in [0, 0.1) is 26.1 Å². The highest BCUT2D eigenvalue weighted by Crippen LogP contribution is 2.29. The fourth-order valence-corrected chi connectivity index (χ4v) is 3.53. The van der Waals surface area contributed by atoms with Crippen LogP contribution < -0.4 is 10.7 Å². The number of nitro benzene ring substituents is 2. The maximum Gasteiger partial charge on any atom is 0.299 e. The summed E-state index contributed by atoms with van der Waals surface area (Å²) < 4.78 is 0.399. The van der Waals surface area contributed by atoms with E-state index in [1.807, 2.05) is 21.1 Å². The van der Waals surface area contributed by atoms with E-state index in [2.05, 4.69) is 34.6 Å². The van der Waals surface area contributed by atoms with E-state index in [0.717, 1.165) is 57.0 Å². The summed E-state index contributed by atoms with van der Waals surface area (Å²) in [5.74, 6) is -1.70. The summed E-state index contributed by atoms with van der Waals surface area (Å²) in [5.41, 5.74) is 1.65. The number of nitrogens with one attached hydrogen (secondary N) is 2.